The van der Waals surface area contributed by atoms with E-state index in [1.807, 2.05) is 13.1 Å². The molecule has 1 aromatic rings. The second kappa shape index (κ2) is 5.40. The number of rotatable bonds is 3. The monoisotopic (exact) mass is 274 g/mol. The second-order valence-electron chi connectivity index (χ2n) is 5.76. The van der Waals surface area contributed by atoms with Gasteiger partial charge in [-0.15, -0.1) is 0 Å². The smallest absolute Gasteiger partial charge is 0.252 e. The molecule has 2 aliphatic rings. The van der Waals surface area contributed by atoms with E-state index in [9.17, 15) is 4.79 Å². The van der Waals surface area contributed by atoms with E-state index in [4.69, 9.17) is 10.7 Å². The fraction of sp³-hybridized carbons (Fsp3) is 0.600. The molecule has 5 nitrogen and oxygen atoms in total. The highest BCUT2D eigenvalue weighted by Gasteiger charge is 2.26. The number of carbonyl (C=O) groups excluding carboxylic acids is 1. The number of aryl methyl sites for hydroxylation is 2. The first-order chi connectivity index (χ1) is 9.69. The van der Waals surface area contributed by atoms with Gasteiger partial charge in [0.15, 0.2) is 0 Å². The van der Waals surface area contributed by atoms with Gasteiger partial charge >= 0.3 is 0 Å². The Morgan fingerprint density at radius 3 is 3.05 bits per heavy atom. The normalized spacial score (nSPS) is 21.9. The molecule has 1 amide bonds. The minimum atomic E-state index is -0.367. The van der Waals surface area contributed by atoms with Crippen molar-refractivity contribution in [2.24, 2.45) is 5.73 Å². The van der Waals surface area contributed by atoms with Crippen LogP contribution in [0.3, 0.4) is 0 Å². The lowest BCUT2D eigenvalue weighted by Gasteiger charge is -2.34. The molecule has 1 aliphatic heterocycles. The van der Waals surface area contributed by atoms with Crippen LogP contribution in [0, 0.1) is 0 Å². The minimum absolute atomic E-state index is 0.367. The van der Waals surface area contributed by atoms with E-state index in [-0.39, 0.29) is 5.91 Å². The largest absolute Gasteiger partial charge is 0.365 e. The van der Waals surface area contributed by atoms with Crippen molar-refractivity contribution in [2.45, 2.75) is 38.1 Å². The van der Waals surface area contributed by atoms with E-state index in [1.165, 1.54) is 12.0 Å². The quantitative estimate of drug-likeness (QED) is 0.857. The maximum atomic E-state index is 11.8. The summed E-state index contributed by atoms with van der Waals surface area (Å²) in [5, 5.41) is 3.32. The van der Waals surface area contributed by atoms with Gasteiger partial charge in [-0.2, -0.15) is 0 Å². The van der Waals surface area contributed by atoms with Crippen molar-refractivity contribution in [1.29, 1.82) is 0 Å². The average Bonchev–Trinajstić information content (AvgIpc) is 2.93. The van der Waals surface area contributed by atoms with E-state index in [1.54, 1.807) is 0 Å². The molecule has 1 aliphatic carbocycles. The standard InChI is InChI=1S/C15H22N4O/c1-17-11-5-3-7-19(9-11)15-12(14(16)20)8-10-4-2-6-13(10)18-15/h8,11,17H,2-7,9H2,1H3,(H2,16,20). The SMILES string of the molecule is CNC1CCCN(c2nc3c(cc2C(N)=O)CCC3)C1. The molecule has 0 spiro atoms. The number of primary amides is 1. The van der Waals surface area contributed by atoms with Crippen molar-refractivity contribution in [3.05, 3.63) is 22.9 Å². The zero-order valence-electron chi connectivity index (χ0n) is 12.0. The number of pyridine rings is 1. The van der Waals surface area contributed by atoms with E-state index >= 15 is 0 Å². The van der Waals surface area contributed by atoms with Crippen molar-refractivity contribution in [3.63, 3.8) is 0 Å². The summed E-state index contributed by atoms with van der Waals surface area (Å²) >= 11 is 0. The van der Waals surface area contributed by atoms with Crippen molar-refractivity contribution in [3.8, 4) is 0 Å². The Morgan fingerprint density at radius 1 is 1.45 bits per heavy atom. The number of nitrogens with zero attached hydrogens (tertiary/aromatic N) is 2. The Bertz CT molecular complexity index is 529. The number of amides is 1. The minimum Gasteiger partial charge on any atom is -0.365 e. The topological polar surface area (TPSA) is 71.2 Å². The number of nitrogens with one attached hydrogen (secondary N) is 1. The molecule has 0 aromatic carbocycles. The number of anilines is 1. The lowest BCUT2D eigenvalue weighted by atomic mass is 10.0. The molecule has 1 aromatic heterocycles. The van der Waals surface area contributed by atoms with Crippen molar-refractivity contribution in [1.82, 2.24) is 10.3 Å². The summed E-state index contributed by atoms with van der Waals surface area (Å²) in [5.41, 5.74) is 8.50. The first-order valence-corrected chi connectivity index (χ1v) is 7.44. The summed E-state index contributed by atoms with van der Waals surface area (Å²) in [7, 11) is 1.99. The lowest BCUT2D eigenvalue weighted by Crippen LogP contribution is -2.45. The first-order valence-electron chi connectivity index (χ1n) is 7.44. The van der Waals surface area contributed by atoms with Crippen LogP contribution in [-0.4, -0.2) is 37.1 Å². The number of hydrogen-bond acceptors (Lipinski definition) is 4. The number of nitrogens with two attached hydrogens (primary N) is 1. The molecule has 1 atom stereocenters. The average molecular weight is 274 g/mol. The predicted molar refractivity (Wildman–Crippen MR) is 79.1 cm³/mol. The summed E-state index contributed by atoms with van der Waals surface area (Å²) in [6, 6.07) is 2.43. The maximum Gasteiger partial charge on any atom is 0.252 e. The van der Waals surface area contributed by atoms with Gasteiger partial charge in [-0.25, -0.2) is 4.98 Å². The van der Waals surface area contributed by atoms with Gasteiger partial charge in [-0.3, -0.25) is 4.79 Å². The van der Waals surface area contributed by atoms with Gasteiger partial charge in [0.1, 0.15) is 5.82 Å². The molecule has 0 bridgehead atoms. The molecule has 0 radical (unpaired) electrons. The number of hydrogen-bond donors (Lipinski definition) is 2. The fourth-order valence-corrected chi connectivity index (χ4v) is 3.29. The van der Waals surface area contributed by atoms with Crippen LogP contribution in [-0.2, 0) is 12.8 Å². The molecular formula is C15H22N4O. The van der Waals surface area contributed by atoms with Gasteiger partial charge in [0.2, 0.25) is 0 Å². The highest BCUT2D eigenvalue weighted by atomic mass is 16.1. The highest BCUT2D eigenvalue weighted by molar-refractivity contribution is 5.98. The summed E-state index contributed by atoms with van der Waals surface area (Å²) < 4.78 is 0. The Hall–Kier alpha value is -1.62. The molecule has 3 N–H and O–H groups in total. The Kier molecular flexibility index (Phi) is 3.61. The van der Waals surface area contributed by atoms with Crippen LogP contribution < -0.4 is 16.0 Å². The highest BCUT2D eigenvalue weighted by Crippen LogP contribution is 2.28. The third-order valence-corrected chi connectivity index (χ3v) is 4.43. The van der Waals surface area contributed by atoms with Gasteiger partial charge in [0, 0.05) is 24.8 Å². The van der Waals surface area contributed by atoms with Gasteiger partial charge in [0.25, 0.3) is 5.91 Å². The van der Waals surface area contributed by atoms with Crippen LogP contribution >= 0.6 is 0 Å². The Morgan fingerprint density at radius 2 is 2.30 bits per heavy atom. The molecule has 1 saturated heterocycles. The second-order valence-corrected chi connectivity index (χ2v) is 5.76. The zero-order valence-corrected chi connectivity index (χ0v) is 12.0. The predicted octanol–water partition coefficient (Wildman–Crippen LogP) is 0.857. The third-order valence-electron chi connectivity index (χ3n) is 4.43. The van der Waals surface area contributed by atoms with Gasteiger partial charge < -0.3 is 16.0 Å². The maximum absolute atomic E-state index is 11.8. The number of carbonyl (C=O) groups is 1. The molecule has 2 heterocycles. The van der Waals surface area contributed by atoms with Gasteiger partial charge in [-0.1, -0.05) is 0 Å². The molecular weight excluding hydrogens is 252 g/mol. The van der Waals surface area contributed by atoms with E-state index in [0.717, 1.165) is 50.3 Å². The third kappa shape index (κ3) is 2.38. The van der Waals surface area contributed by atoms with E-state index < -0.39 is 0 Å². The van der Waals surface area contributed by atoms with Crippen LogP contribution in [0.2, 0.25) is 0 Å². The summed E-state index contributed by atoms with van der Waals surface area (Å²) in [6.45, 7) is 1.84. The fourth-order valence-electron chi connectivity index (χ4n) is 3.29. The number of likely N-dealkylation sites (N-methyl/N-ethyl adjacent to an activating group) is 1. The number of aromatic nitrogens is 1. The Balaban J connectivity index is 1.97. The van der Waals surface area contributed by atoms with Crippen LogP contribution in [0.15, 0.2) is 6.07 Å². The number of fused-ring (bicyclic) bond motifs is 1. The van der Waals surface area contributed by atoms with Crippen molar-refractivity contribution >= 4 is 11.7 Å². The van der Waals surface area contributed by atoms with Crippen LogP contribution in [0.25, 0.3) is 0 Å². The zero-order chi connectivity index (χ0) is 14.1. The van der Waals surface area contributed by atoms with Gasteiger partial charge in [-0.05, 0) is 50.8 Å². The number of piperidine rings is 1. The molecule has 108 valence electrons. The van der Waals surface area contributed by atoms with Crippen LogP contribution in [0.5, 0.6) is 0 Å². The molecule has 1 fully saturated rings. The van der Waals surface area contributed by atoms with Gasteiger partial charge in [0.05, 0.1) is 5.56 Å². The van der Waals surface area contributed by atoms with E-state index in [0.29, 0.717) is 11.6 Å². The molecule has 0 saturated carbocycles. The molecule has 1 unspecified atom stereocenters. The summed E-state index contributed by atoms with van der Waals surface area (Å²) in [5.74, 6) is 0.423. The molecule has 5 heteroatoms. The molecule has 3 rings (SSSR count). The van der Waals surface area contributed by atoms with Crippen LogP contribution in [0.4, 0.5) is 5.82 Å². The Labute approximate surface area is 119 Å². The summed E-state index contributed by atoms with van der Waals surface area (Å²) in [4.78, 5) is 18.7. The molecule has 20 heavy (non-hydrogen) atoms. The van der Waals surface area contributed by atoms with Crippen LogP contribution in [0.1, 0.15) is 40.9 Å². The lowest BCUT2D eigenvalue weighted by molar-refractivity contribution is 0.1000. The van der Waals surface area contributed by atoms with Crippen molar-refractivity contribution in [2.75, 3.05) is 25.0 Å². The first kappa shape index (κ1) is 13.4. The van der Waals surface area contributed by atoms with Crippen molar-refractivity contribution < 1.29 is 4.79 Å². The summed E-state index contributed by atoms with van der Waals surface area (Å²) in [6.07, 6.45) is 5.45. The van der Waals surface area contributed by atoms with E-state index in [2.05, 4.69) is 10.2 Å².